The maximum atomic E-state index is 11.1. The molecule has 0 amide bonds. The van der Waals surface area contributed by atoms with Gasteiger partial charge in [0, 0.05) is 30.6 Å². The molecule has 1 heterocycles. The monoisotopic (exact) mass is 397 g/mol. The van der Waals surface area contributed by atoms with Gasteiger partial charge in [-0.3, -0.25) is 10.1 Å². The molecule has 28 heavy (non-hydrogen) atoms. The summed E-state index contributed by atoms with van der Waals surface area (Å²) in [5.74, 6) is 0.971. The molecule has 3 aromatic rings. The van der Waals surface area contributed by atoms with Gasteiger partial charge in [-0.05, 0) is 11.6 Å². The van der Waals surface area contributed by atoms with Gasteiger partial charge in [0.05, 0.1) is 10.4 Å². The van der Waals surface area contributed by atoms with E-state index in [0.717, 1.165) is 5.56 Å². The first kappa shape index (κ1) is 20.9. The predicted molar refractivity (Wildman–Crippen MR) is 116 cm³/mol. The maximum Gasteiger partial charge on any atom is 0.270 e. The molecule has 8 heteroatoms. The summed E-state index contributed by atoms with van der Waals surface area (Å²) in [4.78, 5) is 19.5. The number of aromatic nitrogens is 2. The van der Waals surface area contributed by atoms with E-state index in [-0.39, 0.29) is 18.1 Å². The Morgan fingerprint density at radius 1 is 1.07 bits per heavy atom. The number of rotatable bonds is 8. The smallest absolute Gasteiger partial charge is 0.270 e. The van der Waals surface area contributed by atoms with Crippen molar-refractivity contribution in [3.63, 3.8) is 0 Å². The second-order valence-electron chi connectivity index (χ2n) is 5.72. The number of non-ortho nitro benzene ring substituents is 1. The molecule has 0 saturated carbocycles. The Bertz CT molecular complexity index is 993. The largest absolute Gasteiger partial charge is 0.366 e. The quantitative estimate of drug-likeness (QED) is 0.325. The van der Waals surface area contributed by atoms with E-state index in [1.165, 1.54) is 12.1 Å². The summed E-state index contributed by atoms with van der Waals surface area (Å²) >= 11 is 0. The first-order chi connectivity index (χ1) is 13.2. The third-order valence-electron chi connectivity index (χ3n) is 3.79. The summed E-state index contributed by atoms with van der Waals surface area (Å²) < 4.78 is 0. The number of nitro benzene ring substituents is 1. The minimum Gasteiger partial charge on any atom is -0.366 e. The minimum absolute atomic E-state index is 0. The third kappa shape index (κ3) is 5.28. The molecule has 0 aliphatic rings. The van der Waals surface area contributed by atoms with E-state index in [1.54, 1.807) is 12.1 Å². The van der Waals surface area contributed by atoms with Crippen LogP contribution in [0.3, 0.4) is 0 Å². The van der Waals surface area contributed by atoms with Gasteiger partial charge < -0.3 is 10.6 Å². The molecule has 0 bridgehead atoms. The van der Waals surface area contributed by atoms with E-state index in [0.29, 0.717) is 35.8 Å². The van der Waals surface area contributed by atoms with Crippen molar-refractivity contribution >= 4 is 46.8 Å². The van der Waals surface area contributed by atoms with E-state index in [2.05, 4.69) is 27.2 Å². The van der Waals surface area contributed by atoms with Gasteiger partial charge in [0.15, 0.2) is 0 Å². The Morgan fingerprint density at radius 2 is 1.86 bits per heavy atom. The van der Waals surface area contributed by atoms with Crippen LogP contribution in [0.4, 0.5) is 17.5 Å². The predicted octanol–water partition coefficient (Wildman–Crippen LogP) is 4.68. The zero-order valence-corrected chi connectivity index (χ0v) is 15.9. The van der Waals surface area contributed by atoms with E-state index < -0.39 is 4.92 Å². The van der Waals surface area contributed by atoms with Gasteiger partial charge in [0.2, 0.25) is 5.95 Å². The standard InChI is InChI=1S/C20H19N5O2.ClH/c1-2-12-22-20-23-18-11-10-16(25(26)27)14-17(18)19(24-20)21-13-6-9-15-7-4-3-5-8-15;/h2-11,14H,1,12-13H2,(H2,21,22,23,24);1H/b9-6+;. The molecule has 0 radical (unpaired) electrons. The van der Waals surface area contributed by atoms with Gasteiger partial charge in [0.1, 0.15) is 5.82 Å². The van der Waals surface area contributed by atoms with Gasteiger partial charge in [-0.1, -0.05) is 48.6 Å². The normalized spacial score (nSPS) is 10.4. The number of hydrogen-bond donors (Lipinski definition) is 2. The lowest BCUT2D eigenvalue weighted by atomic mass is 10.2. The lowest BCUT2D eigenvalue weighted by Gasteiger charge is -2.10. The second-order valence-corrected chi connectivity index (χ2v) is 5.72. The number of nitrogens with zero attached hydrogens (tertiary/aromatic N) is 3. The zero-order chi connectivity index (χ0) is 19.1. The fourth-order valence-corrected chi connectivity index (χ4v) is 2.52. The maximum absolute atomic E-state index is 11.1. The van der Waals surface area contributed by atoms with Crippen LogP contribution in [0.2, 0.25) is 0 Å². The highest BCUT2D eigenvalue weighted by atomic mass is 35.5. The molecule has 0 saturated heterocycles. The van der Waals surface area contributed by atoms with Crippen LogP contribution in [0.25, 0.3) is 17.0 Å². The topological polar surface area (TPSA) is 93.0 Å². The van der Waals surface area contributed by atoms with Crippen LogP contribution in [0.15, 0.2) is 67.3 Å². The van der Waals surface area contributed by atoms with Crippen LogP contribution in [0.5, 0.6) is 0 Å². The number of fused-ring (bicyclic) bond motifs is 1. The van der Waals surface area contributed by atoms with E-state index in [9.17, 15) is 10.1 Å². The number of benzene rings is 2. The summed E-state index contributed by atoms with van der Waals surface area (Å²) in [5.41, 5.74) is 1.72. The molecule has 3 rings (SSSR count). The van der Waals surface area contributed by atoms with E-state index in [1.807, 2.05) is 42.5 Å². The molecule has 1 aromatic heterocycles. The summed E-state index contributed by atoms with van der Waals surface area (Å²) in [6.45, 7) is 4.70. The highest BCUT2D eigenvalue weighted by Crippen LogP contribution is 2.26. The average Bonchev–Trinajstić information content (AvgIpc) is 2.69. The summed E-state index contributed by atoms with van der Waals surface area (Å²) in [7, 11) is 0. The summed E-state index contributed by atoms with van der Waals surface area (Å²) in [6.07, 6.45) is 5.67. The molecule has 144 valence electrons. The zero-order valence-electron chi connectivity index (χ0n) is 15.0. The molecule has 2 N–H and O–H groups in total. The van der Waals surface area contributed by atoms with Crippen LogP contribution in [0.1, 0.15) is 5.56 Å². The average molecular weight is 398 g/mol. The van der Waals surface area contributed by atoms with E-state index >= 15 is 0 Å². The number of nitrogens with one attached hydrogen (secondary N) is 2. The lowest BCUT2D eigenvalue weighted by Crippen LogP contribution is -2.08. The van der Waals surface area contributed by atoms with Crippen molar-refractivity contribution in [3.8, 4) is 0 Å². The van der Waals surface area contributed by atoms with Crippen molar-refractivity contribution in [1.29, 1.82) is 0 Å². The lowest BCUT2D eigenvalue weighted by molar-refractivity contribution is -0.384. The van der Waals surface area contributed by atoms with Crippen molar-refractivity contribution in [3.05, 3.63) is 82.9 Å². The third-order valence-corrected chi connectivity index (χ3v) is 3.79. The van der Waals surface area contributed by atoms with Gasteiger partial charge in [0.25, 0.3) is 5.69 Å². The molecule has 0 spiro atoms. The number of nitro groups is 1. The highest BCUT2D eigenvalue weighted by molar-refractivity contribution is 5.91. The summed E-state index contributed by atoms with van der Waals surface area (Å²) in [5, 5.41) is 18.0. The van der Waals surface area contributed by atoms with Gasteiger partial charge in [-0.25, -0.2) is 4.98 Å². The van der Waals surface area contributed by atoms with Gasteiger partial charge in [-0.15, -0.1) is 19.0 Å². The number of anilines is 2. The minimum atomic E-state index is -0.428. The molecule has 2 aromatic carbocycles. The molecule has 0 aliphatic heterocycles. The fraction of sp³-hybridized carbons (Fsp3) is 0.100. The molecule has 7 nitrogen and oxygen atoms in total. The number of halogens is 1. The molecule has 0 atom stereocenters. The van der Waals surface area contributed by atoms with Crippen LogP contribution < -0.4 is 10.6 Å². The second kappa shape index (κ2) is 10.0. The Balaban J connectivity index is 0.00000280. The van der Waals surface area contributed by atoms with E-state index in [4.69, 9.17) is 0 Å². The summed E-state index contributed by atoms with van der Waals surface area (Å²) in [6, 6.07) is 14.5. The first-order valence-electron chi connectivity index (χ1n) is 8.44. The van der Waals surface area contributed by atoms with Gasteiger partial charge in [-0.2, -0.15) is 4.98 Å². The van der Waals surface area contributed by atoms with Crippen LogP contribution in [0, 0.1) is 10.1 Å². The first-order valence-corrected chi connectivity index (χ1v) is 8.44. The molecule has 0 unspecified atom stereocenters. The fourth-order valence-electron chi connectivity index (χ4n) is 2.52. The Hall–Kier alpha value is -3.45. The van der Waals surface area contributed by atoms with Gasteiger partial charge >= 0.3 is 0 Å². The van der Waals surface area contributed by atoms with Crippen LogP contribution in [-0.4, -0.2) is 28.0 Å². The highest BCUT2D eigenvalue weighted by Gasteiger charge is 2.12. The molecular formula is C20H20ClN5O2. The van der Waals surface area contributed by atoms with Crippen molar-refractivity contribution in [2.45, 2.75) is 0 Å². The Labute approximate surface area is 168 Å². The molecule has 0 aliphatic carbocycles. The van der Waals surface area contributed by atoms with Crippen LogP contribution in [-0.2, 0) is 0 Å². The Morgan fingerprint density at radius 3 is 2.57 bits per heavy atom. The Kier molecular flexibility index (Phi) is 7.47. The molecular weight excluding hydrogens is 378 g/mol. The van der Waals surface area contributed by atoms with Crippen molar-refractivity contribution in [2.75, 3.05) is 23.7 Å². The number of hydrogen-bond acceptors (Lipinski definition) is 6. The van der Waals surface area contributed by atoms with Crippen LogP contribution >= 0.6 is 12.4 Å². The van der Waals surface area contributed by atoms with Crippen molar-refractivity contribution < 1.29 is 4.92 Å². The molecule has 0 fully saturated rings. The SMILES string of the molecule is C=CCNc1nc(NC/C=C/c2ccccc2)c2cc([N+](=O)[O-])ccc2n1.Cl. The van der Waals surface area contributed by atoms with Crippen molar-refractivity contribution in [2.24, 2.45) is 0 Å². The van der Waals surface area contributed by atoms with Crippen molar-refractivity contribution in [1.82, 2.24) is 9.97 Å².